The lowest BCUT2D eigenvalue weighted by atomic mass is 9.55. The molecular formula is C46H58N4O10S. The number of rotatable bonds is 20. The molecule has 2 aliphatic carbocycles. The Morgan fingerprint density at radius 2 is 1.74 bits per heavy atom. The van der Waals surface area contributed by atoms with Crippen LogP contribution in [-0.4, -0.2) is 85.9 Å². The molecule has 6 rings (SSSR count). The third kappa shape index (κ3) is 10.2. The normalized spacial score (nSPS) is 23.5. The van der Waals surface area contributed by atoms with Crippen LogP contribution in [0.15, 0.2) is 107 Å². The zero-order valence-corrected chi connectivity index (χ0v) is 35.9. The molecule has 6 atom stereocenters. The summed E-state index contributed by atoms with van der Waals surface area (Å²) in [5.74, 6) is -2.33. The molecule has 328 valence electrons. The van der Waals surface area contributed by atoms with Gasteiger partial charge in [0, 0.05) is 57.3 Å². The van der Waals surface area contributed by atoms with Crippen LogP contribution in [0.1, 0.15) is 75.8 Å². The van der Waals surface area contributed by atoms with Crippen molar-refractivity contribution in [1.82, 2.24) is 9.62 Å². The van der Waals surface area contributed by atoms with Gasteiger partial charge in [0.25, 0.3) is 0 Å². The zero-order chi connectivity index (χ0) is 43.6. The summed E-state index contributed by atoms with van der Waals surface area (Å²) in [6.07, 6.45) is 7.37. The summed E-state index contributed by atoms with van der Waals surface area (Å²) in [5.41, 5.74) is 3.46. The summed E-state index contributed by atoms with van der Waals surface area (Å²) in [4.78, 5) is 30.6. The van der Waals surface area contributed by atoms with E-state index in [1.54, 1.807) is 25.1 Å². The molecule has 3 aromatic rings. The standard InChI is InChI=1S/C46H58N4O10S/c1-5-26-57-46-42(50(4)61(55,56)36-21-18-34(19-22-36)48-31(3)53)29-40(49-58-30-32-14-8-7-9-15-32)38-27-33(16-10-12-24-51)37(17-11-13-25-52)43(44(38)46)39-28-35(20-23-41(39)60-46)59-45(54)47-6-2/h5,7-9,14-15,18-23,27-28,33,37,42-44,51-52H,1,6,10-13,16-17,24-26,29-30H2,2-4H3,(H,47,54)(H,48,53)/t33-,37+,42-,43+,44+,46+/m0/s1. The van der Waals surface area contributed by atoms with Crippen LogP contribution >= 0.6 is 0 Å². The molecule has 1 fully saturated rings. The van der Waals surface area contributed by atoms with E-state index in [9.17, 15) is 28.2 Å². The van der Waals surface area contributed by atoms with Crippen LogP contribution in [0.5, 0.6) is 11.5 Å². The highest BCUT2D eigenvalue weighted by Crippen LogP contribution is 2.62. The lowest BCUT2D eigenvalue weighted by Crippen LogP contribution is -2.69. The molecule has 0 unspecified atom stereocenters. The van der Waals surface area contributed by atoms with E-state index in [1.165, 1.54) is 42.5 Å². The second kappa shape index (κ2) is 20.7. The van der Waals surface area contributed by atoms with E-state index in [4.69, 9.17) is 24.2 Å². The van der Waals surface area contributed by atoms with Crippen molar-refractivity contribution in [1.29, 1.82) is 0 Å². The largest absolute Gasteiger partial charge is 0.460 e. The Balaban J connectivity index is 1.57. The highest BCUT2D eigenvalue weighted by molar-refractivity contribution is 7.89. The Hall–Kier alpha value is -5.06. The highest BCUT2D eigenvalue weighted by Gasteiger charge is 2.65. The van der Waals surface area contributed by atoms with Crippen molar-refractivity contribution in [3.05, 3.63) is 108 Å². The SMILES string of the molecule is C=CCO[C@@]12Oc3ccc(OC(=O)NCC)cc3[C@H]3[C@H](CCCCO)[C@@H](CCCCO)C=C(C(=NOCc4ccccc4)C[C@@H]1N(C)S(=O)(=O)c1ccc(NC(C)=O)cc1)[C@H]32. The first-order chi connectivity index (χ1) is 29.5. The monoisotopic (exact) mass is 858 g/mol. The van der Waals surface area contributed by atoms with Gasteiger partial charge in [-0.25, -0.2) is 13.2 Å². The first kappa shape index (κ1) is 45.5. The molecule has 0 aromatic heterocycles. The first-order valence-electron chi connectivity index (χ1n) is 21.0. The van der Waals surface area contributed by atoms with Gasteiger partial charge in [-0.2, -0.15) is 4.31 Å². The van der Waals surface area contributed by atoms with Crippen LogP contribution in [0, 0.1) is 17.8 Å². The number of sulfonamides is 1. The average Bonchev–Trinajstić information content (AvgIpc) is 3.24. The van der Waals surface area contributed by atoms with Crippen LogP contribution in [0.2, 0.25) is 0 Å². The first-order valence-corrected chi connectivity index (χ1v) is 22.5. The van der Waals surface area contributed by atoms with Crippen LogP contribution in [0.25, 0.3) is 0 Å². The number of aliphatic hydroxyl groups excluding tert-OH is 2. The molecule has 0 radical (unpaired) electrons. The van der Waals surface area contributed by atoms with Crippen molar-refractivity contribution in [2.24, 2.45) is 22.9 Å². The summed E-state index contributed by atoms with van der Waals surface area (Å²) < 4.78 is 50.7. The van der Waals surface area contributed by atoms with Crippen LogP contribution in [0.4, 0.5) is 10.5 Å². The molecule has 14 nitrogen and oxygen atoms in total. The van der Waals surface area contributed by atoms with E-state index in [1.807, 2.05) is 36.4 Å². The van der Waals surface area contributed by atoms with Gasteiger partial charge in [-0.05, 0) is 98.0 Å². The molecule has 1 saturated carbocycles. The van der Waals surface area contributed by atoms with Crippen molar-refractivity contribution in [2.45, 2.75) is 88.0 Å². The lowest BCUT2D eigenvalue weighted by molar-refractivity contribution is -0.250. The highest BCUT2D eigenvalue weighted by atomic mass is 32.2. The van der Waals surface area contributed by atoms with E-state index < -0.39 is 33.9 Å². The van der Waals surface area contributed by atoms with Crippen LogP contribution in [-0.2, 0) is 31.0 Å². The second-order valence-corrected chi connectivity index (χ2v) is 17.7. The Labute approximate surface area is 358 Å². The molecule has 3 aromatic carbocycles. The predicted octanol–water partition coefficient (Wildman–Crippen LogP) is 6.91. The Bertz CT molecular complexity index is 2160. The van der Waals surface area contributed by atoms with E-state index in [0.717, 1.165) is 29.5 Å². The third-order valence-electron chi connectivity index (χ3n) is 11.7. The van der Waals surface area contributed by atoms with Crippen molar-refractivity contribution >= 4 is 33.4 Å². The van der Waals surface area contributed by atoms with Gasteiger partial charge in [0.1, 0.15) is 18.1 Å². The fourth-order valence-electron chi connectivity index (χ4n) is 9.06. The van der Waals surface area contributed by atoms with Gasteiger partial charge in [0.15, 0.2) is 0 Å². The molecule has 15 heteroatoms. The number of hydrogen-bond donors (Lipinski definition) is 4. The number of likely N-dealkylation sites (N-methyl/N-ethyl adjacent to an activating group) is 1. The third-order valence-corrected chi connectivity index (χ3v) is 13.6. The molecule has 0 saturated heterocycles. The van der Waals surface area contributed by atoms with Crippen LogP contribution in [0.3, 0.4) is 0 Å². The number of ether oxygens (including phenoxy) is 3. The molecule has 3 aliphatic rings. The molecule has 4 N–H and O–H groups in total. The number of anilines is 1. The van der Waals surface area contributed by atoms with E-state index in [0.29, 0.717) is 55.1 Å². The number of fused-ring (bicyclic) bond motifs is 2. The zero-order valence-electron chi connectivity index (χ0n) is 35.1. The number of nitrogens with zero attached hydrogens (tertiary/aromatic N) is 2. The van der Waals surface area contributed by atoms with E-state index >= 15 is 0 Å². The topological polar surface area (TPSA) is 185 Å². The summed E-state index contributed by atoms with van der Waals surface area (Å²) >= 11 is 0. The van der Waals surface area contributed by atoms with Gasteiger partial charge in [-0.1, -0.05) is 60.5 Å². The van der Waals surface area contributed by atoms with Crippen LogP contribution < -0.4 is 20.1 Å². The molecular weight excluding hydrogens is 801 g/mol. The van der Waals surface area contributed by atoms with Gasteiger partial charge >= 0.3 is 6.09 Å². The molecule has 0 bridgehead atoms. The molecule has 0 spiro atoms. The number of allylic oxidation sites excluding steroid dienone is 1. The number of aliphatic hydroxyl groups is 2. The number of oxime groups is 1. The van der Waals surface area contributed by atoms with E-state index in [2.05, 4.69) is 23.3 Å². The molecule has 2 amide bonds. The minimum atomic E-state index is -4.26. The fourth-order valence-corrected chi connectivity index (χ4v) is 10.4. The van der Waals surface area contributed by atoms with Gasteiger partial charge in [0.05, 0.1) is 29.2 Å². The summed E-state index contributed by atoms with van der Waals surface area (Å²) in [6, 6.07) is 19.8. The number of amides is 2. The minimum Gasteiger partial charge on any atom is -0.460 e. The number of carbonyl (C=O) groups is 2. The molecule has 61 heavy (non-hydrogen) atoms. The Kier molecular flexibility index (Phi) is 15.4. The average molecular weight is 859 g/mol. The van der Waals surface area contributed by atoms with Crippen molar-refractivity contribution in [2.75, 3.05) is 38.7 Å². The smallest absolute Gasteiger partial charge is 0.412 e. The fraction of sp³-hybridized carbons (Fsp3) is 0.457. The van der Waals surface area contributed by atoms with E-state index in [-0.39, 0.29) is 61.4 Å². The number of benzene rings is 3. The van der Waals surface area contributed by atoms with Gasteiger partial charge in [0.2, 0.25) is 21.7 Å². The number of carbonyl (C=O) groups excluding carboxylic acids is 2. The second-order valence-electron chi connectivity index (χ2n) is 15.7. The molecule has 1 heterocycles. The summed E-state index contributed by atoms with van der Waals surface area (Å²) in [7, 11) is -2.76. The number of hydrogen-bond acceptors (Lipinski definition) is 11. The number of nitrogens with one attached hydrogen (secondary N) is 2. The van der Waals surface area contributed by atoms with Crippen molar-refractivity contribution in [3.63, 3.8) is 0 Å². The van der Waals surface area contributed by atoms with Gasteiger partial charge in [-0.3, -0.25) is 4.79 Å². The summed E-state index contributed by atoms with van der Waals surface area (Å²) in [5, 5.41) is 29.9. The Morgan fingerprint density at radius 3 is 2.41 bits per heavy atom. The Morgan fingerprint density at radius 1 is 1.02 bits per heavy atom. The summed E-state index contributed by atoms with van der Waals surface area (Å²) in [6.45, 7) is 7.78. The maximum absolute atomic E-state index is 14.8. The minimum absolute atomic E-state index is 0.00231. The van der Waals surface area contributed by atoms with Crippen molar-refractivity contribution in [3.8, 4) is 11.5 Å². The maximum Gasteiger partial charge on any atom is 0.412 e. The number of unbranched alkanes of at least 4 members (excludes halogenated alkanes) is 2. The van der Waals surface area contributed by atoms with Crippen molar-refractivity contribution < 1.29 is 47.3 Å². The predicted molar refractivity (Wildman–Crippen MR) is 232 cm³/mol. The van der Waals surface area contributed by atoms with Gasteiger partial charge < -0.3 is 39.9 Å². The maximum atomic E-state index is 14.8. The molecule has 1 aliphatic heterocycles. The van der Waals surface area contributed by atoms with Gasteiger partial charge in [-0.15, -0.1) is 6.58 Å². The quantitative estimate of drug-likeness (QED) is 0.0529. The lowest BCUT2D eigenvalue weighted by Gasteiger charge is -2.59.